The quantitative estimate of drug-likeness (QED) is 0.698. The van der Waals surface area contributed by atoms with Crippen molar-refractivity contribution in [3.05, 3.63) is 0 Å². The van der Waals surface area contributed by atoms with Gasteiger partial charge in [-0.2, -0.15) is 0 Å². The van der Waals surface area contributed by atoms with E-state index in [1.54, 1.807) is 0 Å². The average molecular weight is 387 g/mol. The van der Waals surface area contributed by atoms with Crippen LogP contribution in [0.2, 0.25) is 0 Å². The van der Waals surface area contributed by atoms with Crippen molar-refractivity contribution in [2.24, 2.45) is 11.8 Å². The summed E-state index contributed by atoms with van der Waals surface area (Å²) in [6.07, 6.45) is 11.9. The van der Waals surface area contributed by atoms with Crippen molar-refractivity contribution in [3.8, 4) is 0 Å². The van der Waals surface area contributed by atoms with E-state index in [4.69, 9.17) is 5.11 Å². The second-order valence-corrected chi connectivity index (χ2v) is 9.29. The van der Waals surface area contributed by atoms with E-state index in [9.17, 15) is 0 Å². The fourth-order valence-electron chi connectivity index (χ4n) is 4.61. The number of hydrogen-bond acceptors (Lipinski definition) is 5. The molecular formula is C22H50N4O. The van der Waals surface area contributed by atoms with Gasteiger partial charge >= 0.3 is 0 Å². The Morgan fingerprint density at radius 2 is 1.52 bits per heavy atom. The first-order chi connectivity index (χ1) is 12.6. The molecule has 0 bridgehead atoms. The van der Waals surface area contributed by atoms with Crippen LogP contribution in [0.5, 0.6) is 0 Å². The number of piperazine rings is 1. The molecule has 1 saturated heterocycles. The largest absolute Gasteiger partial charge is 0.395 e. The van der Waals surface area contributed by atoms with Gasteiger partial charge in [-0.15, -0.1) is 0 Å². The lowest BCUT2D eigenvalue weighted by atomic mass is 9.86. The van der Waals surface area contributed by atoms with Gasteiger partial charge in [0.25, 0.3) is 0 Å². The Morgan fingerprint density at radius 1 is 0.926 bits per heavy atom. The van der Waals surface area contributed by atoms with E-state index in [0.717, 1.165) is 50.6 Å². The number of aliphatic hydroxyl groups is 1. The van der Waals surface area contributed by atoms with Crippen molar-refractivity contribution in [1.29, 1.82) is 0 Å². The summed E-state index contributed by atoms with van der Waals surface area (Å²) in [5, 5.41) is 8.77. The molecule has 0 unspecified atom stereocenters. The zero-order valence-corrected chi connectivity index (χ0v) is 18.5. The summed E-state index contributed by atoms with van der Waals surface area (Å²) in [5.74, 6) is 1.80. The summed E-state index contributed by atoms with van der Waals surface area (Å²) in [5.41, 5.74) is 0. The highest BCUT2D eigenvalue weighted by Gasteiger charge is 2.24. The highest BCUT2D eigenvalue weighted by Crippen LogP contribution is 2.28. The molecule has 164 valence electrons. The Bertz CT molecular complexity index is 354. The molecule has 1 heterocycles. The van der Waals surface area contributed by atoms with Crippen molar-refractivity contribution in [1.82, 2.24) is 20.9 Å². The number of hydrogen-bond donors (Lipinski definition) is 2. The van der Waals surface area contributed by atoms with Crippen LogP contribution in [-0.4, -0.2) is 85.3 Å². The summed E-state index contributed by atoms with van der Waals surface area (Å²) in [6, 6.07) is 0.946. The van der Waals surface area contributed by atoms with Gasteiger partial charge in [-0.25, -0.2) is 0 Å². The third kappa shape index (κ3) is 9.71. The Kier molecular flexibility index (Phi) is 12.8. The predicted octanol–water partition coefficient (Wildman–Crippen LogP) is 3.71. The molecule has 27 heavy (non-hydrogen) atoms. The van der Waals surface area contributed by atoms with E-state index in [2.05, 4.69) is 35.6 Å². The average Bonchev–Trinajstić information content (AvgIpc) is 2.56. The molecule has 0 spiro atoms. The molecular weight excluding hydrogens is 336 g/mol. The first-order valence-corrected chi connectivity index (χ1v) is 11.3. The van der Waals surface area contributed by atoms with Crippen LogP contribution in [0.3, 0.4) is 0 Å². The molecule has 0 amide bonds. The zero-order chi connectivity index (χ0) is 18.8. The van der Waals surface area contributed by atoms with Crippen molar-refractivity contribution in [2.75, 3.05) is 59.5 Å². The summed E-state index contributed by atoms with van der Waals surface area (Å²) >= 11 is 0. The minimum atomic E-state index is 0. The van der Waals surface area contributed by atoms with Crippen LogP contribution in [0.15, 0.2) is 0 Å². The maximum Gasteiger partial charge on any atom is 0.0558 e. The van der Waals surface area contributed by atoms with Gasteiger partial charge in [0.15, 0.2) is 0 Å². The van der Waals surface area contributed by atoms with Crippen molar-refractivity contribution < 1.29 is 6.53 Å². The number of aliphatic hydroxyl groups excluding tert-OH is 1. The third-order valence-corrected chi connectivity index (χ3v) is 6.47. The Labute approximate surface area is 170 Å². The molecule has 0 atom stereocenters. The smallest absolute Gasteiger partial charge is 0.0558 e. The number of β-amino-alcohol motifs (C(OH)–C–C–N with tert-alkyl or cyclic N) is 1. The first kappa shape index (κ1) is 24.8. The van der Waals surface area contributed by atoms with E-state index >= 15 is 0 Å². The van der Waals surface area contributed by atoms with E-state index in [1.807, 2.05) is 0 Å². The van der Waals surface area contributed by atoms with Gasteiger partial charge in [-0.1, -0.05) is 39.5 Å². The molecule has 5 nitrogen and oxygen atoms in total. The maximum absolute atomic E-state index is 8.77. The van der Waals surface area contributed by atoms with Crippen molar-refractivity contribution in [3.63, 3.8) is 0 Å². The van der Waals surface area contributed by atoms with E-state index < -0.39 is 0 Å². The third-order valence-electron chi connectivity index (χ3n) is 6.47. The SMILES string of the molecule is CC(C)CN1CCN(CCO)CC1.CN(CC1CCCCC1)C1CCC1.N.[HH]. The van der Waals surface area contributed by atoms with Gasteiger partial charge in [0.1, 0.15) is 0 Å². The lowest BCUT2D eigenvalue weighted by Crippen LogP contribution is -2.48. The van der Waals surface area contributed by atoms with Crippen molar-refractivity contribution in [2.45, 2.75) is 71.3 Å². The van der Waals surface area contributed by atoms with Gasteiger partial charge in [0.05, 0.1) is 6.61 Å². The molecule has 0 radical (unpaired) electrons. The van der Waals surface area contributed by atoms with Gasteiger partial charge in [0, 0.05) is 53.3 Å². The van der Waals surface area contributed by atoms with Crippen LogP contribution in [0.25, 0.3) is 0 Å². The second-order valence-electron chi connectivity index (χ2n) is 9.29. The molecule has 3 fully saturated rings. The first-order valence-electron chi connectivity index (χ1n) is 11.3. The molecule has 1 aliphatic heterocycles. The molecule has 0 aromatic rings. The Hall–Kier alpha value is -0.200. The fourth-order valence-corrected chi connectivity index (χ4v) is 4.61. The molecule has 3 aliphatic rings. The standard InChI is InChI=1S/C12H23N.C10H22N2O.H3N.H2/c1-13(12-8-5-9-12)10-11-6-3-2-4-7-11;1-10(2)9-12-5-3-11(4-6-12)7-8-13;;/h11-12H,2-10H2,1H3;10,13H,3-9H2,1-2H3;1H3;1H. The highest BCUT2D eigenvalue weighted by molar-refractivity contribution is 4.80. The molecule has 4 N–H and O–H groups in total. The monoisotopic (exact) mass is 386 g/mol. The zero-order valence-electron chi connectivity index (χ0n) is 18.5. The maximum atomic E-state index is 8.77. The van der Waals surface area contributed by atoms with Crippen LogP contribution < -0.4 is 6.15 Å². The molecule has 5 heteroatoms. The van der Waals surface area contributed by atoms with Gasteiger partial charge in [-0.05, 0) is 44.6 Å². The van der Waals surface area contributed by atoms with Crippen LogP contribution in [0, 0.1) is 11.8 Å². The van der Waals surface area contributed by atoms with E-state index in [-0.39, 0.29) is 7.58 Å². The normalized spacial score (nSPS) is 22.9. The van der Waals surface area contributed by atoms with Gasteiger partial charge < -0.3 is 21.1 Å². The number of nitrogens with zero attached hydrogens (tertiary/aromatic N) is 3. The predicted molar refractivity (Wildman–Crippen MR) is 119 cm³/mol. The molecule has 2 saturated carbocycles. The number of rotatable bonds is 7. The molecule has 0 aromatic heterocycles. The summed E-state index contributed by atoms with van der Waals surface area (Å²) in [7, 11) is 2.33. The minimum Gasteiger partial charge on any atom is -0.395 e. The second kappa shape index (κ2) is 13.9. The van der Waals surface area contributed by atoms with Crippen LogP contribution >= 0.6 is 0 Å². The minimum absolute atomic E-state index is 0. The topological polar surface area (TPSA) is 65.0 Å². The van der Waals surface area contributed by atoms with Gasteiger partial charge in [-0.3, -0.25) is 4.90 Å². The Morgan fingerprint density at radius 3 is 2.00 bits per heavy atom. The Balaban J connectivity index is 0.000000486. The van der Waals surface area contributed by atoms with Crippen molar-refractivity contribution >= 4 is 0 Å². The van der Waals surface area contributed by atoms with Crippen LogP contribution in [-0.2, 0) is 0 Å². The lowest BCUT2D eigenvalue weighted by Gasteiger charge is -2.37. The van der Waals surface area contributed by atoms with Crippen LogP contribution in [0.1, 0.15) is 66.6 Å². The molecule has 0 aromatic carbocycles. The van der Waals surface area contributed by atoms with Gasteiger partial charge in [0.2, 0.25) is 0 Å². The van der Waals surface area contributed by atoms with Crippen LogP contribution in [0.4, 0.5) is 0 Å². The molecule has 3 rings (SSSR count). The molecule has 2 aliphatic carbocycles. The van der Waals surface area contributed by atoms with E-state index in [0.29, 0.717) is 6.61 Å². The summed E-state index contributed by atoms with van der Waals surface area (Å²) in [6.45, 7) is 12.8. The summed E-state index contributed by atoms with van der Waals surface area (Å²) < 4.78 is 0. The van der Waals surface area contributed by atoms with E-state index in [1.165, 1.54) is 64.5 Å². The summed E-state index contributed by atoms with van der Waals surface area (Å²) in [4.78, 5) is 7.47. The lowest BCUT2D eigenvalue weighted by molar-refractivity contribution is 0.105. The fraction of sp³-hybridized carbons (Fsp3) is 1.00. The highest BCUT2D eigenvalue weighted by atomic mass is 16.3.